The Bertz CT molecular complexity index is 1590. The lowest BCUT2D eigenvalue weighted by Gasteiger charge is -2.22. The Morgan fingerprint density at radius 1 is 0.684 bits per heavy atom. The first-order chi connectivity index (χ1) is 18.6. The van der Waals surface area contributed by atoms with Crippen molar-refractivity contribution in [2.75, 3.05) is 14.2 Å². The number of carbonyl (C=O) groups excluding carboxylic acids is 1. The molecular weight excluding hydrogens is 476 g/mol. The molecule has 0 N–H and O–H groups in total. The summed E-state index contributed by atoms with van der Waals surface area (Å²) in [7, 11) is 3.20. The quantitative estimate of drug-likeness (QED) is 0.214. The number of Topliss-reactive ketones (excluding diaryl/α,β-unsaturated/α-hetero) is 1. The highest BCUT2D eigenvalue weighted by atomic mass is 16.5. The fraction of sp³-hybridized carbons (Fsp3) is 0.0909. The number of hydrogen-bond donors (Lipinski definition) is 0. The standard InChI is InChI=1S/C33H26O5/c1-36-26-17-13-23(14-18-26)31-28(21-29(34)38-33(31)25-15-19-27(37-2)20-16-25)30(22-9-5-3-6-10-22)32(35)24-11-7-4-8-12-24/h3-21,30H,1-2H3. The molecule has 0 spiro atoms. The molecule has 5 heteroatoms. The minimum absolute atomic E-state index is 0.113. The molecule has 5 rings (SSSR count). The number of carbonyl (C=O) groups is 1. The van der Waals surface area contributed by atoms with Gasteiger partial charge in [-0.3, -0.25) is 4.79 Å². The molecular formula is C33H26O5. The molecule has 0 saturated heterocycles. The lowest BCUT2D eigenvalue weighted by atomic mass is 9.80. The van der Waals surface area contributed by atoms with Gasteiger partial charge in [-0.05, 0) is 53.1 Å². The summed E-state index contributed by atoms with van der Waals surface area (Å²) in [4.78, 5) is 27.2. The molecule has 0 aliphatic heterocycles. The number of ketones is 1. The van der Waals surface area contributed by atoms with E-state index in [2.05, 4.69) is 0 Å². The molecule has 38 heavy (non-hydrogen) atoms. The number of rotatable bonds is 8. The fourth-order valence-corrected chi connectivity index (χ4v) is 4.63. The molecule has 1 unspecified atom stereocenters. The van der Waals surface area contributed by atoms with Crippen LogP contribution >= 0.6 is 0 Å². The van der Waals surface area contributed by atoms with Crippen molar-refractivity contribution in [2.45, 2.75) is 5.92 Å². The Morgan fingerprint density at radius 3 is 1.76 bits per heavy atom. The maximum absolute atomic E-state index is 14.1. The summed E-state index contributed by atoms with van der Waals surface area (Å²) in [6.45, 7) is 0. The van der Waals surface area contributed by atoms with E-state index in [1.165, 1.54) is 6.07 Å². The van der Waals surface area contributed by atoms with Gasteiger partial charge in [-0.25, -0.2) is 4.79 Å². The molecule has 5 nitrogen and oxygen atoms in total. The van der Waals surface area contributed by atoms with E-state index < -0.39 is 11.5 Å². The molecule has 5 aromatic rings. The van der Waals surface area contributed by atoms with Crippen molar-refractivity contribution >= 4 is 5.78 Å². The Labute approximate surface area is 220 Å². The molecule has 0 aliphatic rings. The van der Waals surface area contributed by atoms with Crippen molar-refractivity contribution in [2.24, 2.45) is 0 Å². The van der Waals surface area contributed by atoms with Crippen molar-refractivity contribution in [3.05, 3.63) is 142 Å². The van der Waals surface area contributed by atoms with E-state index in [-0.39, 0.29) is 5.78 Å². The summed E-state index contributed by atoms with van der Waals surface area (Å²) in [5, 5.41) is 0. The maximum atomic E-state index is 14.1. The number of hydrogen-bond acceptors (Lipinski definition) is 5. The molecule has 1 atom stereocenters. The molecule has 0 fully saturated rings. The topological polar surface area (TPSA) is 65.7 Å². The minimum Gasteiger partial charge on any atom is -0.497 e. The predicted octanol–water partition coefficient (Wildman–Crippen LogP) is 7.01. The normalized spacial score (nSPS) is 11.5. The summed E-state index contributed by atoms with van der Waals surface area (Å²) in [6, 6.07) is 34.9. The van der Waals surface area contributed by atoms with E-state index in [1.54, 1.807) is 26.4 Å². The minimum atomic E-state index is -0.739. The first kappa shape index (κ1) is 24.8. The van der Waals surface area contributed by atoms with Gasteiger partial charge in [0, 0.05) is 22.8 Å². The maximum Gasteiger partial charge on any atom is 0.336 e. The monoisotopic (exact) mass is 502 g/mol. The van der Waals surface area contributed by atoms with E-state index in [4.69, 9.17) is 13.9 Å². The fourth-order valence-electron chi connectivity index (χ4n) is 4.63. The van der Waals surface area contributed by atoms with Crippen LogP contribution in [0.3, 0.4) is 0 Å². The summed E-state index contributed by atoms with van der Waals surface area (Å²) in [5.41, 5.74) is 3.51. The first-order valence-corrected chi connectivity index (χ1v) is 12.2. The van der Waals surface area contributed by atoms with E-state index in [0.29, 0.717) is 39.5 Å². The van der Waals surface area contributed by atoms with Crippen molar-refractivity contribution in [1.82, 2.24) is 0 Å². The lowest BCUT2D eigenvalue weighted by Crippen LogP contribution is -2.18. The van der Waals surface area contributed by atoms with Gasteiger partial charge in [-0.2, -0.15) is 0 Å². The smallest absolute Gasteiger partial charge is 0.336 e. The summed E-state index contributed by atoms with van der Waals surface area (Å²) >= 11 is 0. The van der Waals surface area contributed by atoms with Crippen LogP contribution in [0.4, 0.5) is 0 Å². The third kappa shape index (κ3) is 5.00. The van der Waals surface area contributed by atoms with Crippen molar-refractivity contribution in [1.29, 1.82) is 0 Å². The van der Waals surface area contributed by atoms with Gasteiger partial charge in [0.25, 0.3) is 0 Å². The second-order valence-corrected chi connectivity index (χ2v) is 8.76. The van der Waals surface area contributed by atoms with Gasteiger partial charge < -0.3 is 13.9 Å². The van der Waals surface area contributed by atoms with Crippen molar-refractivity contribution in [3.63, 3.8) is 0 Å². The van der Waals surface area contributed by atoms with E-state index in [1.807, 2.05) is 97.1 Å². The third-order valence-electron chi connectivity index (χ3n) is 6.49. The van der Waals surface area contributed by atoms with Gasteiger partial charge in [-0.15, -0.1) is 0 Å². The highest BCUT2D eigenvalue weighted by molar-refractivity contribution is 6.04. The molecule has 4 aromatic carbocycles. The Morgan fingerprint density at radius 2 is 1.21 bits per heavy atom. The number of methoxy groups -OCH3 is 2. The summed E-state index contributed by atoms with van der Waals surface area (Å²) < 4.78 is 16.5. The second-order valence-electron chi connectivity index (χ2n) is 8.76. The Kier molecular flexibility index (Phi) is 7.18. The summed E-state index contributed by atoms with van der Waals surface area (Å²) in [6.07, 6.45) is 0. The highest BCUT2D eigenvalue weighted by Gasteiger charge is 2.30. The molecule has 1 aromatic heterocycles. The SMILES string of the molecule is COc1ccc(-c2oc(=O)cc(C(C(=O)c3ccccc3)c3ccccc3)c2-c2ccc(OC)cc2)cc1. The van der Waals surface area contributed by atoms with Gasteiger partial charge >= 0.3 is 5.63 Å². The zero-order valence-electron chi connectivity index (χ0n) is 21.1. The van der Waals surface area contributed by atoms with Crippen LogP contribution in [0, 0.1) is 0 Å². The van der Waals surface area contributed by atoms with Gasteiger partial charge in [0.1, 0.15) is 17.3 Å². The zero-order chi connectivity index (χ0) is 26.5. The van der Waals surface area contributed by atoms with Crippen molar-refractivity contribution < 1.29 is 18.7 Å². The van der Waals surface area contributed by atoms with Crippen molar-refractivity contribution in [3.8, 4) is 33.9 Å². The van der Waals surface area contributed by atoms with Crippen LogP contribution in [0.15, 0.2) is 124 Å². The van der Waals surface area contributed by atoms with Crippen LogP contribution in [0.5, 0.6) is 11.5 Å². The largest absolute Gasteiger partial charge is 0.497 e. The first-order valence-electron chi connectivity index (χ1n) is 12.2. The van der Waals surface area contributed by atoms with Gasteiger partial charge in [0.2, 0.25) is 0 Å². The zero-order valence-corrected chi connectivity index (χ0v) is 21.1. The van der Waals surface area contributed by atoms with Gasteiger partial charge in [0.05, 0.1) is 20.1 Å². The van der Waals surface area contributed by atoms with Gasteiger partial charge in [0.15, 0.2) is 5.78 Å². The van der Waals surface area contributed by atoms with Crippen LogP contribution in [-0.4, -0.2) is 20.0 Å². The van der Waals surface area contributed by atoms with Crippen LogP contribution in [0.1, 0.15) is 27.4 Å². The van der Waals surface area contributed by atoms with Crippen LogP contribution in [0.2, 0.25) is 0 Å². The van der Waals surface area contributed by atoms with Crippen LogP contribution in [0.25, 0.3) is 22.5 Å². The molecule has 0 radical (unpaired) electrons. The average molecular weight is 503 g/mol. The Hall–Kier alpha value is -4.90. The second kappa shape index (κ2) is 11.0. The third-order valence-corrected chi connectivity index (χ3v) is 6.49. The molecule has 188 valence electrons. The van der Waals surface area contributed by atoms with Crippen LogP contribution in [-0.2, 0) is 0 Å². The molecule has 0 aliphatic carbocycles. The average Bonchev–Trinajstić information content (AvgIpc) is 2.98. The molecule has 1 heterocycles. The van der Waals surface area contributed by atoms with E-state index >= 15 is 0 Å². The number of benzene rings is 4. The summed E-state index contributed by atoms with van der Waals surface area (Å²) in [5.74, 6) is 0.898. The molecule has 0 bridgehead atoms. The van der Waals surface area contributed by atoms with Gasteiger partial charge in [-0.1, -0.05) is 72.8 Å². The van der Waals surface area contributed by atoms with E-state index in [0.717, 1.165) is 11.1 Å². The number of ether oxygens (including phenoxy) is 2. The molecule has 0 amide bonds. The Balaban J connectivity index is 1.82. The molecule has 0 saturated carbocycles. The predicted molar refractivity (Wildman–Crippen MR) is 148 cm³/mol. The van der Waals surface area contributed by atoms with Crippen LogP contribution < -0.4 is 15.1 Å². The van der Waals surface area contributed by atoms with E-state index in [9.17, 15) is 9.59 Å². The highest BCUT2D eigenvalue weighted by Crippen LogP contribution is 2.41. The lowest BCUT2D eigenvalue weighted by molar-refractivity contribution is 0.0974.